The number of ether oxygens (including phenoxy) is 1. The van der Waals surface area contributed by atoms with Crippen molar-refractivity contribution in [3.63, 3.8) is 0 Å². The second kappa shape index (κ2) is 6.18. The topological polar surface area (TPSA) is 21.3 Å². The minimum Gasteiger partial charge on any atom is -0.370 e. The van der Waals surface area contributed by atoms with Crippen LogP contribution in [0.2, 0.25) is 0 Å². The Morgan fingerprint density at radius 1 is 1.24 bits per heavy atom. The zero-order chi connectivity index (χ0) is 12.1. The van der Waals surface area contributed by atoms with Gasteiger partial charge in [-0.2, -0.15) is 0 Å². The minimum absolute atomic E-state index is 0.212. The van der Waals surface area contributed by atoms with Crippen molar-refractivity contribution in [3.05, 3.63) is 35.4 Å². The molecular formula is C15H23NO. The quantitative estimate of drug-likeness (QED) is 0.863. The molecule has 1 aliphatic rings. The second-order valence-electron chi connectivity index (χ2n) is 4.82. The number of hydrogen-bond donors (Lipinski definition) is 1. The molecule has 2 rings (SSSR count). The molecule has 0 saturated carbocycles. The predicted molar refractivity (Wildman–Crippen MR) is 71.2 cm³/mol. The Labute approximate surface area is 104 Å². The first kappa shape index (κ1) is 12.6. The lowest BCUT2D eigenvalue weighted by Gasteiger charge is -2.26. The van der Waals surface area contributed by atoms with Gasteiger partial charge in [0.25, 0.3) is 0 Å². The summed E-state index contributed by atoms with van der Waals surface area (Å²) in [5.41, 5.74) is 2.68. The summed E-state index contributed by atoms with van der Waals surface area (Å²) in [5, 5.41) is 3.36. The Kier molecular flexibility index (Phi) is 4.57. The molecule has 1 aliphatic heterocycles. The van der Waals surface area contributed by atoms with Crippen LogP contribution < -0.4 is 5.32 Å². The van der Waals surface area contributed by atoms with E-state index in [1.165, 1.54) is 11.1 Å². The van der Waals surface area contributed by atoms with Gasteiger partial charge in [0, 0.05) is 0 Å². The van der Waals surface area contributed by atoms with Crippen molar-refractivity contribution in [2.75, 3.05) is 13.1 Å². The fourth-order valence-corrected chi connectivity index (χ4v) is 2.32. The summed E-state index contributed by atoms with van der Waals surface area (Å²) in [4.78, 5) is 0. The van der Waals surface area contributed by atoms with Gasteiger partial charge in [0.15, 0.2) is 0 Å². The van der Waals surface area contributed by atoms with Crippen molar-refractivity contribution >= 4 is 0 Å². The molecule has 0 aromatic heterocycles. The van der Waals surface area contributed by atoms with Crippen LogP contribution in [0.4, 0.5) is 0 Å². The van der Waals surface area contributed by atoms with Crippen molar-refractivity contribution in [1.82, 2.24) is 5.32 Å². The number of benzene rings is 1. The maximum atomic E-state index is 6.11. The molecule has 1 unspecified atom stereocenters. The fourth-order valence-electron chi connectivity index (χ4n) is 2.32. The van der Waals surface area contributed by atoms with Crippen molar-refractivity contribution in [2.24, 2.45) is 0 Å². The highest BCUT2D eigenvalue weighted by molar-refractivity contribution is 5.23. The molecule has 1 saturated heterocycles. The molecule has 94 valence electrons. The predicted octanol–water partition coefficient (Wildman–Crippen LogP) is 3.08. The molecule has 1 fully saturated rings. The standard InChI is InChI=1S/C15H23NO/c1-3-13-4-6-14(7-5-13)12(2)17-15-8-10-16-11-9-15/h4-7,12,15-16H,3,8-11H2,1-2H3. The Morgan fingerprint density at radius 3 is 2.47 bits per heavy atom. The van der Waals surface area contributed by atoms with Gasteiger partial charge in [0.05, 0.1) is 12.2 Å². The molecule has 0 bridgehead atoms. The van der Waals surface area contributed by atoms with Crippen molar-refractivity contribution in [3.8, 4) is 0 Å². The average Bonchev–Trinajstić information content (AvgIpc) is 2.40. The van der Waals surface area contributed by atoms with Gasteiger partial charge in [-0.25, -0.2) is 0 Å². The van der Waals surface area contributed by atoms with E-state index in [2.05, 4.69) is 43.4 Å². The molecule has 1 aromatic rings. The summed E-state index contributed by atoms with van der Waals surface area (Å²) < 4.78 is 6.11. The molecule has 0 spiro atoms. The van der Waals surface area contributed by atoms with E-state index in [0.717, 1.165) is 32.4 Å². The second-order valence-corrected chi connectivity index (χ2v) is 4.82. The molecule has 2 nitrogen and oxygen atoms in total. The first-order valence-electron chi connectivity index (χ1n) is 6.74. The lowest BCUT2D eigenvalue weighted by Crippen LogP contribution is -2.33. The van der Waals surface area contributed by atoms with Crippen LogP contribution in [-0.4, -0.2) is 19.2 Å². The average molecular weight is 233 g/mol. The number of piperidine rings is 1. The third kappa shape index (κ3) is 3.55. The molecule has 0 aliphatic carbocycles. The Bertz CT molecular complexity index is 327. The summed E-state index contributed by atoms with van der Waals surface area (Å²) in [6.45, 7) is 6.52. The monoisotopic (exact) mass is 233 g/mol. The Balaban J connectivity index is 1.91. The Hall–Kier alpha value is -0.860. The maximum Gasteiger partial charge on any atom is 0.0800 e. The normalized spacial score (nSPS) is 19.2. The van der Waals surface area contributed by atoms with Crippen LogP contribution in [0.15, 0.2) is 24.3 Å². The van der Waals surface area contributed by atoms with E-state index in [1.54, 1.807) is 0 Å². The molecule has 1 aromatic carbocycles. The molecule has 1 atom stereocenters. The first-order chi connectivity index (χ1) is 8.29. The van der Waals surface area contributed by atoms with Crippen LogP contribution in [0.5, 0.6) is 0 Å². The van der Waals surface area contributed by atoms with Crippen LogP contribution >= 0.6 is 0 Å². The molecule has 0 radical (unpaired) electrons. The SMILES string of the molecule is CCc1ccc(C(C)OC2CCNCC2)cc1. The van der Waals surface area contributed by atoms with Gasteiger partial charge in [-0.05, 0) is 50.4 Å². The van der Waals surface area contributed by atoms with Gasteiger partial charge in [0.1, 0.15) is 0 Å². The van der Waals surface area contributed by atoms with E-state index in [9.17, 15) is 0 Å². The van der Waals surface area contributed by atoms with Crippen LogP contribution in [0.25, 0.3) is 0 Å². The zero-order valence-electron chi connectivity index (χ0n) is 10.9. The molecule has 1 N–H and O–H groups in total. The lowest BCUT2D eigenvalue weighted by molar-refractivity contribution is -0.0186. The van der Waals surface area contributed by atoms with E-state index in [1.807, 2.05) is 0 Å². The first-order valence-corrected chi connectivity index (χ1v) is 6.74. The number of aryl methyl sites for hydroxylation is 1. The zero-order valence-corrected chi connectivity index (χ0v) is 10.9. The van der Waals surface area contributed by atoms with Crippen molar-refractivity contribution in [2.45, 2.75) is 45.3 Å². The molecular weight excluding hydrogens is 210 g/mol. The highest BCUT2D eigenvalue weighted by atomic mass is 16.5. The van der Waals surface area contributed by atoms with Crippen LogP contribution in [-0.2, 0) is 11.2 Å². The number of nitrogens with one attached hydrogen (secondary N) is 1. The van der Waals surface area contributed by atoms with Gasteiger partial charge < -0.3 is 10.1 Å². The van der Waals surface area contributed by atoms with Crippen molar-refractivity contribution in [1.29, 1.82) is 0 Å². The number of rotatable bonds is 4. The van der Waals surface area contributed by atoms with E-state index in [0.29, 0.717) is 6.10 Å². The van der Waals surface area contributed by atoms with E-state index in [-0.39, 0.29) is 6.10 Å². The third-order valence-corrected chi connectivity index (χ3v) is 3.54. The van der Waals surface area contributed by atoms with Crippen molar-refractivity contribution < 1.29 is 4.74 Å². The highest BCUT2D eigenvalue weighted by Gasteiger charge is 2.17. The van der Waals surface area contributed by atoms with E-state index in [4.69, 9.17) is 4.74 Å². The number of hydrogen-bond acceptors (Lipinski definition) is 2. The van der Waals surface area contributed by atoms with Gasteiger partial charge >= 0.3 is 0 Å². The summed E-state index contributed by atoms with van der Waals surface area (Å²) in [6, 6.07) is 8.81. The molecule has 1 heterocycles. The van der Waals surface area contributed by atoms with Crippen LogP contribution in [0.3, 0.4) is 0 Å². The molecule has 0 amide bonds. The molecule has 2 heteroatoms. The fraction of sp³-hybridized carbons (Fsp3) is 0.600. The third-order valence-electron chi connectivity index (χ3n) is 3.54. The maximum absolute atomic E-state index is 6.11. The van der Waals surface area contributed by atoms with Gasteiger partial charge in [-0.1, -0.05) is 31.2 Å². The Morgan fingerprint density at radius 2 is 1.88 bits per heavy atom. The van der Waals surface area contributed by atoms with Crippen LogP contribution in [0, 0.1) is 0 Å². The van der Waals surface area contributed by atoms with Gasteiger partial charge in [-0.3, -0.25) is 0 Å². The summed E-state index contributed by atoms with van der Waals surface area (Å²) in [7, 11) is 0. The summed E-state index contributed by atoms with van der Waals surface area (Å²) in [5.74, 6) is 0. The lowest BCUT2D eigenvalue weighted by atomic mass is 10.1. The smallest absolute Gasteiger partial charge is 0.0800 e. The summed E-state index contributed by atoms with van der Waals surface area (Å²) in [6.07, 6.45) is 4.01. The van der Waals surface area contributed by atoms with Crippen LogP contribution in [0.1, 0.15) is 43.9 Å². The molecule has 17 heavy (non-hydrogen) atoms. The van der Waals surface area contributed by atoms with Gasteiger partial charge in [-0.15, -0.1) is 0 Å². The largest absolute Gasteiger partial charge is 0.370 e. The van der Waals surface area contributed by atoms with E-state index < -0.39 is 0 Å². The summed E-state index contributed by atoms with van der Waals surface area (Å²) >= 11 is 0. The highest BCUT2D eigenvalue weighted by Crippen LogP contribution is 2.22. The minimum atomic E-state index is 0.212. The van der Waals surface area contributed by atoms with E-state index >= 15 is 0 Å². The van der Waals surface area contributed by atoms with Gasteiger partial charge in [0.2, 0.25) is 0 Å².